The minimum atomic E-state index is 0.659. The van der Waals surface area contributed by atoms with Crippen molar-refractivity contribution in [3.8, 4) is 45.4 Å². The van der Waals surface area contributed by atoms with Crippen molar-refractivity contribution in [1.29, 1.82) is 0 Å². The Hall–Kier alpha value is -6.13. The van der Waals surface area contributed by atoms with Crippen LogP contribution in [0, 0.1) is 0 Å². The Kier molecular flexibility index (Phi) is 4.92. The van der Waals surface area contributed by atoms with E-state index in [0.717, 1.165) is 46.7 Å². The molecule has 6 aromatic carbocycles. The Labute approximate surface area is 270 Å². The zero-order valence-corrected chi connectivity index (χ0v) is 25.4. The molecule has 2 aliphatic rings. The summed E-state index contributed by atoms with van der Waals surface area (Å²) in [7, 11) is 0. The van der Waals surface area contributed by atoms with Crippen molar-refractivity contribution in [2.24, 2.45) is 0 Å². The molecule has 3 aromatic heterocycles. The van der Waals surface area contributed by atoms with Crippen LogP contribution >= 0.6 is 0 Å². The van der Waals surface area contributed by atoms with Gasteiger partial charge in [-0.1, -0.05) is 91.0 Å². The van der Waals surface area contributed by atoms with E-state index in [4.69, 9.17) is 9.40 Å². The maximum atomic E-state index is 6.50. The van der Waals surface area contributed by atoms with Gasteiger partial charge in [0.15, 0.2) is 5.76 Å². The van der Waals surface area contributed by atoms with Crippen molar-refractivity contribution < 1.29 is 4.42 Å². The topological polar surface area (TPSA) is 35.9 Å². The lowest BCUT2D eigenvalue weighted by Crippen LogP contribution is -2.02. The van der Waals surface area contributed by atoms with Crippen LogP contribution in [-0.4, -0.2) is 14.1 Å². The van der Waals surface area contributed by atoms with Gasteiger partial charge in [-0.2, -0.15) is 0 Å². The molecule has 0 N–H and O–H groups in total. The fourth-order valence-electron chi connectivity index (χ4n) is 8.22. The molecule has 0 amide bonds. The zero-order chi connectivity index (χ0) is 30.6. The third-order valence-corrected chi connectivity index (χ3v) is 10.2. The highest BCUT2D eigenvalue weighted by molar-refractivity contribution is 6.21. The maximum Gasteiger partial charge on any atom is 0.227 e. The summed E-state index contributed by atoms with van der Waals surface area (Å²) < 4.78 is 11.5. The number of allylic oxidation sites excluding steroid dienone is 1. The number of hydrogen-bond donors (Lipinski definition) is 0. The smallest absolute Gasteiger partial charge is 0.227 e. The van der Waals surface area contributed by atoms with E-state index in [0.29, 0.717) is 5.89 Å². The molecule has 3 heterocycles. The van der Waals surface area contributed by atoms with E-state index in [1.807, 2.05) is 30.3 Å². The average Bonchev–Trinajstić information content (AvgIpc) is 3.88. The molecule has 11 rings (SSSR count). The van der Waals surface area contributed by atoms with E-state index in [1.165, 1.54) is 60.4 Å². The van der Waals surface area contributed by atoms with Crippen LogP contribution in [-0.2, 0) is 6.42 Å². The fourth-order valence-corrected chi connectivity index (χ4v) is 8.22. The first kappa shape index (κ1) is 25.1. The van der Waals surface area contributed by atoms with Crippen LogP contribution in [0.5, 0.6) is 0 Å². The molecule has 0 atom stereocenters. The van der Waals surface area contributed by atoms with Gasteiger partial charge < -0.3 is 13.6 Å². The summed E-state index contributed by atoms with van der Waals surface area (Å²) in [5.41, 5.74) is 12.9. The molecular formula is C43H27N3O. The molecular weight excluding hydrogens is 574 g/mol. The molecule has 9 aromatic rings. The third kappa shape index (κ3) is 3.29. The number of aromatic nitrogens is 3. The average molecular weight is 602 g/mol. The summed E-state index contributed by atoms with van der Waals surface area (Å²) in [5.74, 6) is 1.51. The van der Waals surface area contributed by atoms with Crippen molar-refractivity contribution in [1.82, 2.24) is 14.1 Å². The number of fused-ring (bicyclic) bond motifs is 10. The van der Waals surface area contributed by atoms with Gasteiger partial charge >= 0.3 is 0 Å². The Morgan fingerprint density at radius 1 is 0.596 bits per heavy atom. The van der Waals surface area contributed by atoms with E-state index >= 15 is 0 Å². The number of nitrogens with zero attached hydrogens (tertiary/aromatic N) is 3. The van der Waals surface area contributed by atoms with Gasteiger partial charge in [-0.15, -0.1) is 0 Å². The molecule has 0 saturated heterocycles. The van der Waals surface area contributed by atoms with Crippen molar-refractivity contribution in [3.05, 3.63) is 145 Å². The monoisotopic (exact) mass is 601 g/mol. The molecule has 0 fully saturated rings. The second-order valence-corrected chi connectivity index (χ2v) is 12.6. The number of hydrogen-bond acceptors (Lipinski definition) is 2. The predicted molar refractivity (Wildman–Crippen MR) is 192 cm³/mol. The lowest BCUT2D eigenvalue weighted by Gasteiger charge is -2.16. The van der Waals surface area contributed by atoms with Gasteiger partial charge in [0.2, 0.25) is 5.89 Å². The molecule has 0 spiro atoms. The second-order valence-electron chi connectivity index (χ2n) is 12.6. The Bertz CT molecular complexity index is 2750. The van der Waals surface area contributed by atoms with Crippen molar-refractivity contribution in [3.63, 3.8) is 0 Å². The van der Waals surface area contributed by atoms with Crippen LogP contribution in [0.3, 0.4) is 0 Å². The normalized spacial score (nSPS) is 13.3. The highest BCUT2D eigenvalue weighted by Crippen LogP contribution is 2.51. The minimum Gasteiger partial charge on any atom is -0.435 e. The highest BCUT2D eigenvalue weighted by Gasteiger charge is 2.30. The predicted octanol–water partition coefficient (Wildman–Crippen LogP) is 11.1. The molecule has 4 nitrogen and oxygen atoms in total. The van der Waals surface area contributed by atoms with Gasteiger partial charge in [0.05, 0.1) is 22.2 Å². The number of rotatable bonds is 3. The van der Waals surface area contributed by atoms with E-state index in [1.54, 1.807) is 0 Å². The van der Waals surface area contributed by atoms with Crippen molar-refractivity contribution in [2.45, 2.75) is 12.8 Å². The largest absolute Gasteiger partial charge is 0.435 e. The van der Waals surface area contributed by atoms with Crippen LogP contribution in [0.2, 0.25) is 0 Å². The fraction of sp³-hybridized carbons (Fsp3) is 0.0465. The summed E-state index contributed by atoms with van der Waals surface area (Å²) in [6, 6.07) is 45.6. The number of oxazole rings is 1. The molecule has 47 heavy (non-hydrogen) atoms. The van der Waals surface area contributed by atoms with Gasteiger partial charge in [0, 0.05) is 55.0 Å². The third-order valence-electron chi connectivity index (χ3n) is 10.2. The molecule has 0 aliphatic heterocycles. The molecule has 220 valence electrons. The first-order valence-corrected chi connectivity index (χ1v) is 16.3. The van der Waals surface area contributed by atoms with Crippen LogP contribution in [0.1, 0.15) is 17.7 Å². The standard InChI is InChI=1S/C43H27N3O/c1-3-12-26(13-4-1)43-44-39-33-19-11-18-32-37(25-24-34(38(32)33)42(39)47-43)46-36-21-10-8-17-29(36)31-23-22-30-28-16-7-9-20-35(28)45(40(30)41(31)46)27-14-5-2-6-15-27/h1-6,8-15,17-25H,7,16H2. The Balaban J connectivity index is 1.25. The van der Waals surface area contributed by atoms with Crippen LogP contribution in [0.15, 0.2) is 138 Å². The summed E-state index contributed by atoms with van der Waals surface area (Å²) in [5, 5.41) is 6.23. The molecule has 4 heteroatoms. The Morgan fingerprint density at radius 3 is 2.26 bits per heavy atom. The van der Waals surface area contributed by atoms with Gasteiger partial charge in [0.1, 0.15) is 5.69 Å². The van der Waals surface area contributed by atoms with Crippen molar-refractivity contribution in [2.75, 3.05) is 0 Å². The highest BCUT2D eigenvalue weighted by atomic mass is 16.4. The van der Waals surface area contributed by atoms with Gasteiger partial charge in [-0.05, 0) is 66.9 Å². The zero-order valence-electron chi connectivity index (χ0n) is 25.4. The van der Waals surface area contributed by atoms with E-state index in [2.05, 4.69) is 118 Å². The van der Waals surface area contributed by atoms with Crippen LogP contribution in [0.4, 0.5) is 0 Å². The van der Waals surface area contributed by atoms with E-state index in [-0.39, 0.29) is 0 Å². The lowest BCUT2D eigenvalue weighted by molar-refractivity contribution is 0.590. The summed E-state index contributed by atoms with van der Waals surface area (Å²) in [4.78, 5) is 5.03. The quantitative estimate of drug-likeness (QED) is 0.202. The van der Waals surface area contributed by atoms with E-state index < -0.39 is 0 Å². The Morgan fingerprint density at radius 2 is 1.36 bits per heavy atom. The van der Waals surface area contributed by atoms with E-state index in [9.17, 15) is 0 Å². The van der Waals surface area contributed by atoms with Crippen LogP contribution in [0.25, 0.3) is 95.0 Å². The summed E-state index contributed by atoms with van der Waals surface area (Å²) in [6.45, 7) is 0. The molecule has 0 unspecified atom stereocenters. The van der Waals surface area contributed by atoms with Crippen molar-refractivity contribution >= 4 is 49.6 Å². The molecule has 2 aliphatic carbocycles. The first-order valence-electron chi connectivity index (χ1n) is 16.3. The molecule has 0 bridgehead atoms. The lowest BCUT2D eigenvalue weighted by atomic mass is 10.00. The van der Waals surface area contributed by atoms with Gasteiger partial charge in [0.25, 0.3) is 0 Å². The second kappa shape index (κ2) is 9.21. The van der Waals surface area contributed by atoms with Crippen LogP contribution < -0.4 is 0 Å². The summed E-state index contributed by atoms with van der Waals surface area (Å²) in [6.07, 6.45) is 6.74. The number of aryl methyl sites for hydroxylation is 1. The number of benzene rings is 6. The maximum absolute atomic E-state index is 6.50. The van der Waals surface area contributed by atoms with Gasteiger partial charge in [-0.25, -0.2) is 4.98 Å². The molecule has 0 saturated carbocycles. The number of para-hydroxylation sites is 2. The first-order chi connectivity index (χ1) is 23.3. The molecule has 0 radical (unpaired) electrons. The minimum absolute atomic E-state index is 0.659. The van der Waals surface area contributed by atoms with Gasteiger partial charge in [-0.3, -0.25) is 0 Å². The summed E-state index contributed by atoms with van der Waals surface area (Å²) >= 11 is 0. The SMILES string of the molecule is C1=Cc2c(c3ccc4c5ccccc5n(-c5ccc6c7c(cccc57)-c5nc(-c7ccccc7)oc5-6)c4c3n2-c2ccccc2)CC1.